The molecule has 1 rings (SSSR count). The summed E-state index contributed by atoms with van der Waals surface area (Å²) in [6.07, 6.45) is 7.72. The van der Waals surface area contributed by atoms with Crippen LogP contribution in [0.4, 0.5) is 0 Å². The van der Waals surface area contributed by atoms with Gasteiger partial charge < -0.3 is 10.1 Å². The van der Waals surface area contributed by atoms with Crippen molar-refractivity contribution in [2.45, 2.75) is 12.8 Å². The first-order valence-electron chi connectivity index (χ1n) is 6.57. The lowest BCUT2D eigenvalue weighted by atomic mass is 10.2. The van der Waals surface area contributed by atoms with Crippen molar-refractivity contribution in [3.05, 3.63) is 52.5 Å². The van der Waals surface area contributed by atoms with Gasteiger partial charge in [-0.2, -0.15) is 0 Å². The first kappa shape index (κ1) is 17.2. The maximum Gasteiger partial charge on any atom is 0.305 e. The number of carbonyl (C=O) groups excluding carboxylic acids is 2. The number of hydrogen-bond donors (Lipinski definition) is 1. The first-order valence-corrected chi connectivity index (χ1v) is 7.36. The molecule has 4 nitrogen and oxygen atoms in total. The molecule has 0 aliphatic heterocycles. The standard InChI is InChI=1S/C16H18BrNO3/c1-21-16(20)7-4-12-18-15(19)6-3-2-5-13-8-10-14(17)11-9-13/h2-3,5-6,8-11H,4,7,12H2,1H3,(H,18,19). The predicted molar refractivity (Wildman–Crippen MR) is 86.6 cm³/mol. The minimum Gasteiger partial charge on any atom is -0.469 e. The van der Waals surface area contributed by atoms with Crippen molar-refractivity contribution in [3.63, 3.8) is 0 Å². The fourth-order valence-electron chi connectivity index (χ4n) is 1.49. The van der Waals surface area contributed by atoms with Gasteiger partial charge in [-0.05, 0) is 24.1 Å². The van der Waals surface area contributed by atoms with Crippen molar-refractivity contribution >= 4 is 33.9 Å². The number of nitrogens with one attached hydrogen (secondary N) is 1. The van der Waals surface area contributed by atoms with Gasteiger partial charge in [0.05, 0.1) is 7.11 Å². The van der Waals surface area contributed by atoms with Gasteiger partial charge in [0.25, 0.3) is 0 Å². The molecule has 0 bridgehead atoms. The van der Waals surface area contributed by atoms with E-state index < -0.39 is 0 Å². The molecule has 21 heavy (non-hydrogen) atoms. The van der Waals surface area contributed by atoms with Gasteiger partial charge in [-0.1, -0.05) is 46.3 Å². The Hall–Kier alpha value is -1.88. The Morgan fingerprint density at radius 1 is 1.24 bits per heavy atom. The van der Waals surface area contributed by atoms with Crippen LogP contribution in [-0.4, -0.2) is 25.5 Å². The topological polar surface area (TPSA) is 55.4 Å². The highest BCUT2D eigenvalue weighted by Crippen LogP contribution is 2.11. The van der Waals surface area contributed by atoms with Crippen molar-refractivity contribution in [2.75, 3.05) is 13.7 Å². The average molecular weight is 352 g/mol. The Morgan fingerprint density at radius 3 is 2.62 bits per heavy atom. The number of allylic oxidation sites excluding steroid dienone is 2. The van der Waals surface area contributed by atoms with Crippen molar-refractivity contribution in [2.24, 2.45) is 0 Å². The Bertz CT molecular complexity index is 521. The molecular formula is C16H18BrNO3. The van der Waals surface area contributed by atoms with Crippen molar-refractivity contribution in [3.8, 4) is 0 Å². The molecule has 0 unspecified atom stereocenters. The van der Waals surface area contributed by atoms with Crippen LogP contribution in [0.1, 0.15) is 18.4 Å². The molecule has 0 aliphatic carbocycles. The number of carbonyl (C=O) groups is 2. The van der Waals surface area contributed by atoms with Crippen LogP contribution in [0.5, 0.6) is 0 Å². The van der Waals surface area contributed by atoms with Crippen LogP contribution in [0.25, 0.3) is 6.08 Å². The molecule has 112 valence electrons. The number of benzene rings is 1. The molecule has 0 saturated heterocycles. The maximum absolute atomic E-state index is 11.5. The zero-order valence-corrected chi connectivity index (χ0v) is 13.4. The van der Waals surface area contributed by atoms with E-state index in [9.17, 15) is 9.59 Å². The summed E-state index contributed by atoms with van der Waals surface area (Å²) in [5.41, 5.74) is 1.06. The van der Waals surface area contributed by atoms with Gasteiger partial charge in [-0.3, -0.25) is 9.59 Å². The lowest BCUT2D eigenvalue weighted by Gasteiger charge is -2.00. The fraction of sp³-hybridized carbons (Fsp3) is 0.250. The third-order valence-electron chi connectivity index (χ3n) is 2.60. The van der Waals surface area contributed by atoms with E-state index in [0.29, 0.717) is 19.4 Å². The zero-order chi connectivity index (χ0) is 15.5. The number of hydrogen-bond acceptors (Lipinski definition) is 3. The van der Waals surface area contributed by atoms with Gasteiger partial charge in [0.1, 0.15) is 0 Å². The molecule has 0 heterocycles. The van der Waals surface area contributed by atoms with Gasteiger partial charge in [0.15, 0.2) is 0 Å². The van der Waals surface area contributed by atoms with Crippen LogP contribution in [-0.2, 0) is 14.3 Å². The third-order valence-corrected chi connectivity index (χ3v) is 3.13. The lowest BCUT2D eigenvalue weighted by Crippen LogP contribution is -2.22. The number of amides is 1. The summed E-state index contributed by atoms with van der Waals surface area (Å²) in [4.78, 5) is 22.3. The van der Waals surface area contributed by atoms with Crippen LogP contribution in [0.15, 0.2) is 47.0 Å². The first-order chi connectivity index (χ1) is 10.1. The summed E-state index contributed by atoms with van der Waals surface area (Å²) in [6.45, 7) is 0.453. The van der Waals surface area contributed by atoms with E-state index in [4.69, 9.17) is 0 Å². The summed E-state index contributed by atoms with van der Waals surface area (Å²) in [6, 6.07) is 7.86. The summed E-state index contributed by atoms with van der Waals surface area (Å²) < 4.78 is 5.54. The van der Waals surface area contributed by atoms with Gasteiger partial charge in [-0.15, -0.1) is 0 Å². The minimum atomic E-state index is -0.266. The largest absolute Gasteiger partial charge is 0.469 e. The molecule has 0 radical (unpaired) electrons. The van der Waals surface area contributed by atoms with Crippen LogP contribution < -0.4 is 5.32 Å². The Labute approximate surface area is 133 Å². The van der Waals surface area contributed by atoms with Crippen LogP contribution in [0.2, 0.25) is 0 Å². The maximum atomic E-state index is 11.5. The monoisotopic (exact) mass is 351 g/mol. The highest BCUT2D eigenvalue weighted by Gasteiger charge is 1.99. The van der Waals surface area contributed by atoms with Crippen molar-refractivity contribution in [1.29, 1.82) is 0 Å². The SMILES string of the molecule is COC(=O)CCCNC(=O)C=CC=Cc1ccc(Br)cc1. The number of ether oxygens (including phenoxy) is 1. The van der Waals surface area contributed by atoms with E-state index in [2.05, 4.69) is 26.0 Å². The van der Waals surface area contributed by atoms with Crippen LogP contribution in [0, 0.1) is 0 Å². The Balaban J connectivity index is 2.24. The fourth-order valence-corrected chi connectivity index (χ4v) is 1.75. The summed E-state index contributed by atoms with van der Waals surface area (Å²) >= 11 is 3.37. The van der Waals surface area contributed by atoms with Gasteiger partial charge in [-0.25, -0.2) is 0 Å². The molecular weight excluding hydrogens is 334 g/mol. The van der Waals surface area contributed by atoms with E-state index in [1.54, 1.807) is 12.2 Å². The number of halogens is 1. The second-order valence-corrected chi connectivity index (χ2v) is 5.16. The molecule has 1 aromatic carbocycles. The Kier molecular flexibility index (Phi) is 8.12. The molecule has 5 heteroatoms. The van der Waals surface area contributed by atoms with E-state index in [1.807, 2.05) is 30.3 Å². The van der Waals surface area contributed by atoms with Gasteiger partial charge >= 0.3 is 5.97 Å². The quantitative estimate of drug-likeness (QED) is 0.355. The molecule has 1 aromatic rings. The zero-order valence-electron chi connectivity index (χ0n) is 11.8. The second-order valence-electron chi connectivity index (χ2n) is 4.24. The van der Waals surface area contributed by atoms with Crippen molar-refractivity contribution < 1.29 is 14.3 Å². The molecule has 0 saturated carbocycles. The van der Waals surface area contributed by atoms with Crippen LogP contribution in [0.3, 0.4) is 0 Å². The van der Waals surface area contributed by atoms with E-state index in [0.717, 1.165) is 10.0 Å². The molecule has 0 spiro atoms. The van der Waals surface area contributed by atoms with E-state index in [-0.39, 0.29) is 11.9 Å². The lowest BCUT2D eigenvalue weighted by molar-refractivity contribution is -0.140. The number of esters is 1. The molecule has 0 aromatic heterocycles. The van der Waals surface area contributed by atoms with E-state index in [1.165, 1.54) is 13.2 Å². The third kappa shape index (κ3) is 8.09. The summed E-state index contributed by atoms with van der Waals surface area (Å²) in [7, 11) is 1.35. The average Bonchev–Trinajstić information content (AvgIpc) is 2.49. The number of methoxy groups -OCH3 is 1. The Morgan fingerprint density at radius 2 is 1.95 bits per heavy atom. The highest BCUT2D eigenvalue weighted by atomic mass is 79.9. The minimum absolute atomic E-state index is 0.180. The molecule has 1 amide bonds. The van der Waals surface area contributed by atoms with E-state index >= 15 is 0 Å². The highest BCUT2D eigenvalue weighted by molar-refractivity contribution is 9.10. The van der Waals surface area contributed by atoms with Crippen molar-refractivity contribution in [1.82, 2.24) is 5.32 Å². The van der Waals surface area contributed by atoms with Gasteiger partial charge in [0.2, 0.25) is 5.91 Å². The van der Waals surface area contributed by atoms with Crippen LogP contribution >= 0.6 is 15.9 Å². The molecule has 0 aliphatic rings. The summed E-state index contributed by atoms with van der Waals surface area (Å²) in [5.74, 6) is -0.447. The molecule has 0 atom stereocenters. The predicted octanol–water partition coefficient (Wildman–Crippen LogP) is 3.09. The second kappa shape index (κ2) is 9.94. The van der Waals surface area contributed by atoms with Gasteiger partial charge in [0, 0.05) is 23.5 Å². The smallest absolute Gasteiger partial charge is 0.305 e. The normalized spacial score (nSPS) is 11.0. The molecule has 0 fully saturated rings. The molecule has 1 N–H and O–H groups in total. The summed E-state index contributed by atoms with van der Waals surface area (Å²) in [5, 5.41) is 2.69. The number of rotatable bonds is 7.